The summed E-state index contributed by atoms with van der Waals surface area (Å²) in [5.74, 6) is 1.76. The van der Waals surface area contributed by atoms with Crippen LogP contribution in [0, 0.1) is 0 Å². The van der Waals surface area contributed by atoms with Gasteiger partial charge in [-0.2, -0.15) is 0 Å². The molecule has 2 aliphatic heterocycles. The molecular weight excluding hydrogens is 450 g/mol. The molecule has 1 unspecified atom stereocenters. The van der Waals surface area contributed by atoms with Crippen molar-refractivity contribution in [3.63, 3.8) is 0 Å². The molecule has 0 radical (unpaired) electrons. The van der Waals surface area contributed by atoms with Crippen LogP contribution < -0.4 is 20.7 Å². The van der Waals surface area contributed by atoms with Gasteiger partial charge in [-0.15, -0.1) is 0 Å². The van der Waals surface area contributed by atoms with Crippen LogP contribution >= 0.6 is 11.6 Å². The van der Waals surface area contributed by atoms with Gasteiger partial charge in [-0.25, -0.2) is 4.98 Å². The summed E-state index contributed by atoms with van der Waals surface area (Å²) in [7, 11) is 1.59. The zero-order valence-corrected chi connectivity index (χ0v) is 19.6. The number of pyridine rings is 2. The minimum absolute atomic E-state index is 0.460. The number of benzene rings is 1. The Labute approximate surface area is 203 Å². The molecule has 8 heteroatoms. The van der Waals surface area contributed by atoms with Crippen molar-refractivity contribution in [2.45, 2.75) is 24.8 Å². The van der Waals surface area contributed by atoms with Gasteiger partial charge in [0, 0.05) is 28.6 Å². The number of ether oxygens (including phenoxy) is 1. The molecule has 1 fully saturated rings. The molecule has 7 nitrogen and oxygen atoms in total. The van der Waals surface area contributed by atoms with Gasteiger partial charge in [0.05, 0.1) is 24.0 Å². The fourth-order valence-electron chi connectivity index (χ4n) is 4.58. The highest BCUT2D eigenvalue weighted by atomic mass is 35.5. The van der Waals surface area contributed by atoms with E-state index in [4.69, 9.17) is 21.3 Å². The SMILES string of the molecule is COc1cncc(-c2nc(Nc3ccc(C4CCNCC4)cc3)c3c(c2Cl)C=CNC3C=O)c1. The number of aromatic nitrogens is 2. The van der Waals surface area contributed by atoms with Gasteiger partial charge in [-0.1, -0.05) is 23.7 Å². The molecule has 1 atom stereocenters. The van der Waals surface area contributed by atoms with Crippen LogP contribution in [0.4, 0.5) is 11.5 Å². The van der Waals surface area contributed by atoms with E-state index in [1.165, 1.54) is 5.56 Å². The van der Waals surface area contributed by atoms with Crippen molar-refractivity contribution >= 4 is 35.5 Å². The molecular formula is C26H26ClN5O2. The molecule has 0 amide bonds. The Kier molecular flexibility index (Phi) is 6.47. The standard InChI is InChI=1S/C26H26ClN5O2/c1-34-20-12-18(13-29-14-20)25-24(27)21-8-11-30-22(15-33)23(21)26(32-25)31-19-4-2-16(3-5-19)17-6-9-28-10-7-17/h2-5,8,11-15,17,22,28,30H,6-7,9-10H2,1H3,(H,31,32). The van der Waals surface area contributed by atoms with Crippen LogP contribution in [0.3, 0.4) is 0 Å². The highest BCUT2D eigenvalue weighted by molar-refractivity contribution is 6.35. The maximum atomic E-state index is 11.9. The van der Waals surface area contributed by atoms with Gasteiger partial charge < -0.3 is 25.5 Å². The third-order valence-corrected chi connectivity index (χ3v) is 6.78. The van der Waals surface area contributed by atoms with Crippen molar-refractivity contribution < 1.29 is 9.53 Å². The molecule has 174 valence electrons. The number of carbonyl (C=O) groups is 1. The first-order chi connectivity index (χ1) is 16.7. The number of nitrogens with zero attached hydrogens (tertiary/aromatic N) is 2. The van der Waals surface area contributed by atoms with E-state index in [1.807, 2.05) is 12.1 Å². The normalized spacial score (nSPS) is 17.5. The van der Waals surface area contributed by atoms with E-state index in [0.717, 1.165) is 49.0 Å². The summed E-state index contributed by atoms with van der Waals surface area (Å²) >= 11 is 6.80. The fourth-order valence-corrected chi connectivity index (χ4v) is 4.89. The monoisotopic (exact) mass is 475 g/mol. The van der Waals surface area contributed by atoms with Crippen LogP contribution in [0.5, 0.6) is 5.75 Å². The third-order valence-electron chi connectivity index (χ3n) is 6.39. The summed E-state index contributed by atoms with van der Waals surface area (Å²) in [5, 5.41) is 10.4. The Bertz CT molecular complexity index is 1220. The predicted molar refractivity (Wildman–Crippen MR) is 135 cm³/mol. The third kappa shape index (κ3) is 4.36. The fraction of sp³-hybridized carbons (Fsp3) is 0.269. The van der Waals surface area contributed by atoms with E-state index < -0.39 is 6.04 Å². The zero-order valence-electron chi connectivity index (χ0n) is 18.8. The van der Waals surface area contributed by atoms with Crippen LogP contribution in [-0.4, -0.2) is 36.5 Å². The molecule has 0 saturated carbocycles. The van der Waals surface area contributed by atoms with Gasteiger partial charge in [0.25, 0.3) is 0 Å². The first kappa shape index (κ1) is 22.4. The Morgan fingerprint density at radius 1 is 1.18 bits per heavy atom. The number of aldehydes is 1. The minimum atomic E-state index is -0.556. The van der Waals surface area contributed by atoms with Gasteiger partial charge in [0.1, 0.15) is 23.9 Å². The Hall–Kier alpha value is -3.42. The zero-order chi connectivity index (χ0) is 23.5. The molecule has 3 aromatic rings. The van der Waals surface area contributed by atoms with Crippen molar-refractivity contribution in [1.29, 1.82) is 0 Å². The molecule has 0 spiro atoms. The van der Waals surface area contributed by atoms with E-state index in [2.05, 4.69) is 45.2 Å². The molecule has 2 aliphatic rings. The molecule has 1 saturated heterocycles. The summed E-state index contributed by atoms with van der Waals surface area (Å²) < 4.78 is 5.33. The lowest BCUT2D eigenvalue weighted by Gasteiger charge is -2.25. The summed E-state index contributed by atoms with van der Waals surface area (Å²) in [6, 6.07) is 9.75. The molecule has 2 aromatic heterocycles. The number of rotatable bonds is 6. The number of methoxy groups -OCH3 is 1. The number of nitrogens with one attached hydrogen (secondary N) is 3. The second-order valence-corrected chi connectivity index (χ2v) is 8.83. The van der Waals surface area contributed by atoms with E-state index in [-0.39, 0.29) is 0 Å². The second-order valence-electron chi connectivity index (χ2n) is 8.45. The number of fused-ring (bicyclic) bond motifs is 1. The summed E-state index contributed by atoms with van der Waals surface area (Å²) in [5.41, 5.74) is 4.99. The molecule has 1 aromatic carbocycles. The Morgan fingerprint density at radius 3 is 2.71 bits per heavy atom. The summed E-state index contributed by atoms with van der Waals surface area (Å²) in [6.07, 6.45) is 10.1. The van der Waals surface area contributed by atoms with Gasteiger partial charge in [-0.3, -0.25) is 4.98 Å². The second kappa shape index (κ2) is 9.83. The van der Waals surface area contributed by atoms with Crippen LogP contribution in [0.2, 0.25) is 5.02 Å². The van der Waals surface area contributed by atoms with Gasteiger partial charge in [0.2, 0.25) is 0 Å². The average Bonchev–Trinajstić information content (AvgIpc) is 2.90. The average molecular weight is 476 g/mol. The van der Waals surface area contributed by atoms with E-state index >= 15 is 0 Å². The summed E-state index contributed by atoms with van der Waals surface area (Å²) in [6.45, 7) is 2.11. The van der Waals surface area contributed by atoms with Gasteiger partial charge in [-0.05, 0) is 67.9 Å². The number of anilines is 2. The lowest BCUT2D eigenvalue weighted by Crippen LogP contribution is -2.26. The molecule has 34 heavy (non-hydrogen) atoms. The van der Waals surface area contributed by atoms with E-state index in [9.17, 15) is 4.79 Å². The number of hydrogen-bond acceptors (Lipinski definition) is 7. The maximum Gasteiger partial charge on any atom is 0.146 e. The van der Waals surface area contributed by atoms with Gasteiger partial charge in [0.15, 0.2) is 0 Å². The van der Waals surface area contributed by atoms with Crippen LogP contribution in [0.25, 0.3) is 17.3 Å². The number of piperidine rings is 1. The Morgan fingerprint density at radius 2 is 1.97 bits per heavy atom. The minimum Gasteiger partial charge on any atom is -0.495 e. The maximum absolute atomic E-state index is 11.9. The smallest absolute Gasteiger partial charge is 0.146 e. The molecule has 4 heterocycles. The van der Waals surface area contributed by atoms with Crippen molar-refractivity contribution in [3.05, 3.63) is 70.6 Å². The molecule has 0 bridgehead atoms. The quantitative estimate of drug-likeness (QED) is 0.440. The first-order valence-corrected chi connectivity index (χ1v) is 11.7. The number of hydrogen-bond donors (Lipinski definition) is 3. The van der Waals surface area contributed by atoms with Crippen molar-refractivity contribution in [1.82, 2.24) is 20.6 Å². The highest BCUT2D eigenvalue weighted by Crippen LogP contribution is 2.40. The number of carbonyl (C=O) groups excluding carboxylic acids is 1. The highest BCUT2D eigenvalue weighted by Gasteiger charge is 2.26. The van der Waals surface area contributed by atoms with Crippen LogP contribution in [0.15, 0.2) is 48.9 Å². The van der Waals surface area contributed by atoms with Gasteiger partial charge >= 0.3 is 0 Å². The molecule has 5 rings (SSSR count). The van der Waals surface area contributed by atoms with Crippen molar-refractivity contribution in [2.24, 2.45) is 0 Å². The van der Waals surface area contributed by atoms with Crippen LogP contribution in [-0.2, 0) is 4.79 Å². The van der Waals surface area contributed by atoms with Crippen molar-refractivity contribution in [2.75, 3.05) is 25.5 Å². The Balaban J connectivity index is 1.55. The topological polar surface area (TPSA) is 88.2 Å². The number of halogens is 1. The van der Waals surface area contributed by atoms with E-state index in [1.54, 1.807) is 25.7 Å². The van der Waals surface area contributed by atoms with Crippen LogP contribution in [0.1, 0.15) is 41.5 Å². The first-order valence-electron chi connectivity index (χ1n) is 11.4. The predicted octanol–water partition coefficient (Wildman–Crippen LogP) is 4.83. The summed E-state index contributed by atoms with van der Waals surface area (Å²) in [4.78, 5) is 21.0. The van der Waals surface area contributed by atoms with Crippen molar-refractivity contribution in [3.8, 4) is 17.0 Å². The van der Waals surface area contributed by atoms with E-state index in [0.29, 0.717) is 33.8 Å². The lowest BCUT2D eigenvalue weighted by molar-refractivity contribution is -0.109. The lowest BCUT2D eigenvalue weighted by atomic mass is 9.90. The molecule has 0 aliphatic carbocycles. The largest absolute Gasteiger partial charge is 0.495 e. The molecule has 3 N–H and O–H groups in total.